The van der Waals surface area contributed by atoms with E-state index >= 15 is 0 Å². The molecule has 0 N–H and O–H groups in total. The summed E-state index contributed by atoms with van der Waals surface area (Å²) in [5.74, 6) is 0. The first kappa shape index (κ1) is 32.3. The van der Waals surface area contributed by atoms with Gasteiger partial charge in [-0.15, -0.1) is 22.7 Å². The van der Waals surface area contributed by atoms with Crippen LogP contribution in [0.1, 0.15) is 0 Å². The Morgan fingerprint density at radius 2 is 0.741 bits per heavy atom. The van der Waals surface area contributed by atoms with Gasteiger partial charge in [0, 0.05) is 45.7 Å². The van der Waals surface area contributed by atoms with Crippen LogP contribution in [0.25, 0.3) is 128 Å². The van der Waals surface area contributed by atoms with Gasteiger partial charge in [0.25, 0.3) is 0 Å². The van der Waals surface area contributed by atoms with Crippen molar-refractivity contribution in [1.29, 1.82) is 0 Å². The Kier molecular flexibility index (Phi) is 6.86. The van der Waals surface area contributed by atoms with Crippen molar-refractivity contribution in [1.82, 2.24) is 0 Å². The molecule has 268 valence electrons. The number of thiophene rings is 2. The molecule has 0 aliphatic rings. The van der Waals surface area contributed by atoms with Crippen molar-refractivity contribution in [2.24, 2.45) is 0 Å². The molecular weight excluding hydrogens is 737 g/mol. The van der Waals surface area contributed by atoms with Crippen molar-refractivity contribution in [3.63, 3.8) is 0 Å². The van der Waals surface area contributed by atoms with Crippen molar-refractivity contribution in [3.8, 4) is 33.4 Å². The van der Waals surface area contributed by atoms with E-state index in [9.17, 15) is 0 Å². The van der Waals surface area contributed by atoms with Crippen molar-refractivity contribution in [2.45, 2.75) is 0 Å². The maximum absolute atomic E-state index is 2.46. The predicted molar refractivity (Wildman–Crippen MR) is 256 cm³/mol. The van der Waals surface area contributed by atoms with Crippen LogP contribution in [0.2, 0.25) is 0 Å². The molecule has 13 aromatic rings. The average molecular weight is 769 g/mol. The smallest absolute Gasteiger partial charge is 0.0448 e. The third kappa shape index (κ3) is 4.68. The molecule has 0 bridgehead atoms. The molecule has 13 rings (SSSR count). The molecular formula is C56H32S2. The van der Waals surface area contributed by atoms with E-state index in [2.05, 4.69) is 194 Å². The van der Waals surface area contributed by atoms with E-state index in [-0.39, 0.29) is 0 Å². The van der Waals surface area contributed by atoms with Crippen LogP contribution in [0.3, 0.4) is 0 Å². The molecule has 0 radical (unpaired) electrons. The van der Waals surface area contributed by atoms with Crippen molar-refractivity contribution in [3.05, 3.63) is 194 Å². The zero-order chi connectivity index (χ0) is 37.9. The van der Waals surface area contributed by atoms with E-state index < -0.39 is 0 Å². The van der Waals surface area contributed by atoms with Crippen LogP contribution in [-0.4, -0.2) is 0 Å². The van der Waals surface area contributed by atoms with Gasteiger partial charge in [-0.3, -0.25) is 0 Å². The number of hydrogen-bond donors (Lipinski definition) is 0. The molecule has 0 aliphatic carbocycles. The number of fused-ring (bicyclic) bond motifs is 13. The van der Waals surface area contributed by atoms with Crippen LogP contribution in [0, 0.1) is 0 Å². The quantitative estimate of drug-likeness (QED) is 0.157. The number of hydrogen-bond acceptors (Lipinski definition) is 2. The van der Waals surface area contributed by atoms with Crippen LogP contribution in [0.4, 0.5) is 0 Å². The molecule has 0 aliphatic heterocycles. The molecule has 0 fully saturated rings. The summed E-state index contributed by atoms with van der Waals surface area (Å²) in [5, 5.41) is 18.2. The lowest BCUT2D eigenvalue weighted by atomic mass is 9.85. The van der Waals surface area contributed by atoms with E-state index in [1.807, 2.05) is 22.7 Å². The minimum absolute atomic E-state index is 1.24. The topological polar surface area (TPSA) is 0 Å². The van der Waals surface area contributed by atoms with E-state index in [4.69, 9.17) is 0 Å². The number of rotatable bonds is 3. The summed E-state index contributed by atoms with van der Waals surface area (Å²) in [6, 6.07) is 72.6. The SMILES string of the molecule is c1ccc2cc(-c3c4ccccc4c(-c4ccc5cc(-c6cc7c8ccc9sc%10ccccc%10c9c8sc7c7ccccc67)ccc5c4)c4ccccc34)ccc2c1. The lowest BCUT2D eigenvalue weighted by molar-refractivity contribution is 1.67. The third-order valence-electron chi connectivity index (χ3n) is 12.4. The lowest BCUT2D eigenvalue weighted by Crippen LogP contribution is -1.91. The van der Waals surface area contributed by atoms with Crippen molar-refractivity contribution >= 4 is 117 Å². The Labute approximate surface area is 342 Å². The van der Waals surface area contributed by atoms with E-state index in [0.717, 1.165) is 0 Å². The third-order valence-corrected chi connectivity index (χ3v) is 14.8. The van der Waals surface area contributed by atoms with Gasteiger partial charge < -0.3 is 0 Å². The highest BCUT2D eigenvalue weighted by Gasteiger charge is 2.19. The summed E-state index contributed by atoms with van der Waals surface area (Å²) >= 11 is 3.85. The lowest BCUT2D eigenvalue weighted by Gasteiger charge is -2.18. The fourth-order valence-electron chi connectivity index (χ4n) is 9.77. The van der Waals surface area contributed by atoms with Crippen LogP contribution < -0.4 is 0 Å². The van der Waals surface area contributed by atoms with E-state index in [0.29, 0.717) is 0 Å². The molecule has 0 saturated heterocycles. The summed E-state index contributed by atoms with van der Waals surface area (Å²) in [6.45, 7) is 0. The molecule has 58 heavy (non-hydrogen) atoms. The first-order valence-electron chi connectivity index (χ1n) is 19.9. The Morgan fingerprint density at radius 3 is 1.41 bits per heavy atom. The average Bonchev–Trinajstić information content (AvgIpc) is 3.86. The van der Waals surface area contributed by atoms with E-state index in [1.165, 1.54) is 128 Å². The van der Waals surface area contributed by atoms with Gasteiger partial charge in [-0.2, -0.15) is 0 Å². The summed E-state index contributed by atoms with van der Waals surface area (Å²) in [6.07, 6.45) is 0. The maximum Gasteiger partial charge on any atom is 0.0448 e. The zero-order valence-corrected chi connectivity index (χ0v) is 32.9. The first-order valence-corrected chi connectivity index (χ1v) is 21.5. The summed E-state index contributed by atoms with van der Waals surface area (Å²) in [7, 11) is 0. The molecule has 0 atom stereocenters. The van der Waals surface area contributed by atoms with Gasteiger partial charge in [-0.05, 0) is 118 Å². The van der Waals surface area contributed by atoms with Crippen LogP contribution >= 0.6 is 22.7 Å². The summed E-state index contributed by atoms with van der Waals surface area (Å²) < 4.78 is 5.48. The highest BCUT2D eigenvalue weighted by Crippen LogP contribution is 2.49. The molecule has 2 heteroatoms. The van der Waals surface area contributed by atoms with Crippen molar-refractivity contribution in [2.75, 3.05) is 0 Å². The number of benzene rings is 11. The fourth-order valence-corrected chi connectivity index (χ4v) is 12.3. The predicted octanol–water partition coefficient (Wildman–Crippen LogP) is 17.2. The zero-order valence-electron chi connectivity index (χ0n) is 31.3. The first-order chi connectivity index (χ1) is 28.7. The van der Waals surface area contributed by atoms with Gasteiger partial charge in [0.05, 0.1) is 0 Å². The largest absolute Gasteiger partial charge is 0.135 e. The maximum atomic E-state index is 2.46. The van der Waals surface area contributed by atoms with E-state index in [1.54, 1.807) is 0 Å². The van der Waals surface area contributed by atoms with Gasteiger partial charge in [-0.25, -0.2) is 0 Å². The molecule has 0 unspecified atom stereocenters. The molecule has 2 aromatic heterocycles. The minimum Gasteiger partial charge on any atom is -0.135 e. The van der Waals surface area contributed by atoms with Gasteiger partial charge >= 0.3 is 0 Å². The van der Waals surface area contributed by atoms with Gasteiger partial charge in [-0.1, -0.05) is 158 Å². The molecule has 0 amide bonds. The van der Waals surface area contributed by atoms with Crippen LogP contribution in [0.15, 0.2) is 194 Å². The highest BCUT2D eigenvalue weighted by atomic mass is 32.1. The second-order valence-corrected chi connectivity index (χ2v) is 17.6. The second kappa shape index (κ2) is 12.3. The fraction of sp³-hybridized carbons (Fsp3) is 0. The van der Waals surface area contributed by atoms with Gasteiger partial charge in [0.1, 0.15) is 0 Å². The molecule has 11 aromatic carbocycles. The molecule has 0 spiro atoms. The molecule has 2 heterocycles. The van der Waals surface area contributed by atoms with Crippen LogP contribution in [-0.2, 0) is 0 Å². The monoisotopic (exact) mass is 768 g/mol. The second-order valence-electron chi connectivity index (χ2n) is 15.5. The van der Waals surface area contributed by atoms with Crippen molar-refractivity contribution < 1.29 is 0 Å². The Balaban J connectivity index is 0.987. The van der Waals surface area contributed by atoms with Crippen LogP contribution in [0.5, 0.6) is 0 Å². The molecule has 0 nitrogen and oxygen atoms in total. The highest BCUT2D eigenvalue weighted by molar-refractivity contribution is 7.30. The van der Waals surface area contributed by atoms with Gasteiger partial charge in [0.2, 0.25) is 0 Å². The normalized spacial score (nSPS) is 12.1. The Hall–Kier alpha value is -6.84. The Bertz CT molecular complexity index is 3800. The standard InChI is InChI=1S/C56H32S2/c1-2-12-34-30-38(25-21-33(34)11-1)52-41-14-4-6-16-43(41)53(44-17-7-5-15-42(44)52)39-26-23-35-29-37(24-22-36(35)31-39)48-32-49-46-27-28-51-54(47-19-9-10-20-50(47)57-51)56(46)58-55(49)45-18-8-3-13-40(45)48/h1-32H. The Morgan fingerprint density at radius 1 is 0.259 bits per heavy atom. The van der Waals surface area contributed by atoms with Gasteiger partial charge in [0.15, 0.2) is 0 Å². The molecule has 0 saturated carbocycles. The summed E-state index contributed by atoms with van der Waals surface area (Å²) in [5.41, 5.74) is 7.59. The summed E-state index contributed by atoms with van der Waals surface area (Å²) in [4.78, 5) is 0. The minimum atomic E-state index is 1.24.